The average molecular weight is 238 g/mol. The van der Waals surface area contributed by atoms with Crippen LogP contribution in [0.1, 0.15) is 19.3 Å². The molecular formula is C9H13F3N2S. The third-order valence-corrected chi connectivity index (χ3v) is 3.84. The standard InChI is InChI=1S/C9H13F3N2S/c10-9(11,12)3-4-13-8-14-5-7(15-8)6-1-2-6/h6-7H,1-5H2,(H,13,14). The summed E-state index contributed by atoms with van der Waals surface area (Å²) in [4.78, 5) is 4.20. The summed E-state index contributed by atoms with van der Waals surface area (Å²) in [5.41, 5.74) is 0. The predicted octanol–water partition coefficient (Wildman–Crippen LogP) is 2.41. The lowest BCUT2D eigenvalue weighted by molar-refractivity contribution is -0.132. The number of halogens is 3. The van der Waals surface area contributed by atoms with Crippen molar-refractivity contribution < 1.29 is 13.2 Å². The molecule has 0 saturated heterocycles. The minimum absolute atomic E-state index is 0.0628. The second-order valence-electron chi connectivity index (χ2n) is 3.93. The molecule has 1 heterocycles. The zero-order valence-corrected chi connectivity index (χ0v) is 9.00. The van der Waals surface area contributed by atoms with Gasteiger partial charge in [-0.15, -0.1) is 0 Å². The van der Waals surface area contributed by atoms with Gasteiger partial charge in [-0.3, -0.25) is 4.99 Å². The van der Waals surface area contributed by atoms with Gasteiger partial charge in [-0.05, 0) is 18.8 Å². The van der Waals surface area contributed by atoms with E-state index in [0.29, 0.717) is 10.4 Å². The highest BCUT2D eigenvalue weighted by Gasteiger charge is 2.35. The van der Waals surface area contributed by atoms with Crippen LogP contribution in [0.15, 0.2) is 4.99 Å². The van der Waals surface area contributed by atoms with E-state index >= 15 is 0 Å². The monoisotopic (exact) mass is 238 g/mol. The summed E-state index contributed by atoms with van der Waals surface area (Å²) in [6.45, 7) is 0.705. The number of aliphatic imine (C=N–C) groups is 1. The SMILES string of the molecule is FC(F)(F)CCNC1=NCC(C2CC2)S1. The predicted molar refractivity (Wildman–Crippen MR) is 55.1 cm³/mol. The molecule has 0 radical (unpaired) electrons. The Bertz CT molecular complexity index is 261. The Balaban J connectivity index is 1.64. The number of nitrogens with zero attached hydrogens (tertiary/aromatic N) is 1. The van der Waals surface area contributed by atoms with Crippen molar-refractivity contribution in [2.24, 2.45) is 10.9 Å². The van der Waals surface area contributed by atoms with Crippen molar-refractivity contribution in [1.82, 2.24) is 5.32 Å². The van der Waals surface area contributed by atoms with E-state index in [0.717, 1.165) is 12.5 Å². The third-order valence-electron chi connectivity index (χ3n) is 2.51. The molecule has 1 aliphatic carbocycles. The van der Waals surface area contributed by atoms with E-state index in [-0.39, 0.29) is 6.54 Å². The van der Waals surface area contributed by atoms with E-state index in [9.17, 15) is 13.2 Å². The summed E-state index contributed by atoms with van der Waals surface area (Å²) in [7, 11) is 0. The Kier molecular flexibility index (Phi) is 3.13. The summed E-state index contributed by atoms with van der Waals surface area (Å²) in [6.07, 6.45) is -2.36. The largest absolute Gasteiger partial charge is 0.390 e. The molecule has 1 saturated carbocycles. The minimum Gasteiger partial charge on any atom is -0.365 e. The van der Waals surface area contributed by atoms with Crippen molar-refractivity contribution in [3.05, 3.63) is 0 Å². The van der Waals surface area contributed by atoms with Gasteiger partial charge in [0, 0.05) is 11.8 Å². The molecule has 1 atom stereocenters. The smallest absolute Gasteiger partial charge is 0.365 e. The molecule has 2 nitrogen and oxygen atoms in total. The number of thioether (sulfide) groups is 1. The normalized spacial score (nSPS) is 26.6. The zero-order valence-electron chi connectivity index (χ0n) is 8.18. The van der Waals surface area contributed by atoms with Crippen LogP contribution in [0.5, 0.6) is 0 Å². The van der Waals surface area contributed by atoms with Gasteiger partial charge in [0.2, 0.25) is 0 Å². The van der Waals surface area contributed by atoms with Crippen molar-refractivity contribution in [1.29, 1.82) is 0 Å². The highest BCUT2D eigenvalue weighted by Crippen LogP contribution is 2.41. The van der Waals surface area contributed by atoms with Gasteiger partial charge in [0.15, 0.2) is 5.17 Å². The van der Waals surface area contributed by atoms with Gasteiger partial charge >= 0.3 is 6.18 Å². The maximum absolute atomic E-state index is 11.9. The summed E-state index contributed by atoms with van der Waals surface area (Å²) < 4.78 is 35.6. The van der Waals surface area contributed by atoms with E-state index in [2.05, 4.69) is 10.3 Å². The number of alkyl halides is 3. The van der Waals surface area contributed by atoms with Crippen LogP contribution in [-0.4, -0.2) is 29.7 Å². The Morgan fingerprint density at radius 1 is 1.40 bits per heavy atom. The molecule has 0 aromatic carbocycles. The maximum Gasteiger partial charge on any atom is 0.390 e. The fourth-order valence-corrected chi connectivity index (χ4v) is 2.75. The van der Waals surface area contributed by atoms with Gasteiger partial charge < -0.3 is 5.32 Å². The van der Waals surface area contributed by atoms with Gasteiger partial charge in [0.1, 0.15) is 0 Å². The van der Waals surface area contributed by atoms with Crippen molar-refractivity contribution >= 4 is 16.9 Å². The van der Waals surface area contributed by atoms with Crippen LogP contribution in [0.25, 0.3) is 0 Å². The number of rotatable bonds is 3. The van der Waals surface area contributed by atoms with Crippen molar-refractivity contribution in [2.75, 3.05) is 13.1 Å². The average Bonchev–Trinajstić information content (AvgIpc) is 2.86. The van der Waals surface area contributed by atoms with Crippen LogP contribution in [0.2, 0.25) is 0 Å². The number of hydrogen-bond donors (Lipinski definition) is 1. The van der Waals surface area contributed by atoms with Crippen LogP contribution >= 0.6 is 11.8 Å². The number of hydrogen-bond acceptors (Lipinski definition) is 3. The Morgan fingerprint density at radius 3 is 2.73 bits per heavy atom. The molecule has 1 fully saturated rings. The Morgan fingerprint density at radius 2 is 2.13 bits per heavy atom. The molecule has 1 unspecified atom stereocenters. The van der Waals surface area contributed by atoms with Crippen LogP contribution in [0.4, 0.5) is 13.2 Å². The van der Waals surface area contributed by atoms with Gasteiger partial charge in [0.25, 0.3) is 0 Å². The van der Waals surface area contributed by atoms with Crippen LogP contribution < -0.4 is 5.32 Å². The third kappa shape index (κ3) is 3.59. The molecule has 0 aromatic rings. The fourth-order valence-electron chi connectivity index (χ4n) is 1.51. The molecule has 86 valence electrons. The van der Waals surface area contributed by atoms with E-state index in [1.807, 2.05) is 0 Å². The fraction of sp³-hybridized carbons (Fsp3) is 0.889. The number of nitrogens with one attached hydrogen (secondary N) is 1. The summed E-state index contributed by atoms with van der Waals surface area (Å²) in [6, 6.07) is 0. The molecule has 0 aromatic heterocycles. The van der Waals surface area contributed by atoms with Gasteiger partial charge in [-0.2, -0.15) is 13.2 Å². The van der Waals surface area contributed by atoms with Crippen molar-refractivity contribution in [3.8, 4) is 0 Å². The van der Waals surface area contributed by atoms with Crippen molar-refractivity contribution in [2.45, 2.75) is 30.7 Å². The first kappa shape index (κ1) is 11.1. The quantitative estimate of drug-likeness (QED) is 0.816. The molecule has 1 aliphatic heterocycles. The molecule has 0 spiro atoms. The van der Waals surface area contributed by atoms with Crippen LogP contribution in [-0.2, 0) is 0 Å². The molecular weight excluding hydrogens is 225 g/mol. The topological polar surface area (TPSA) is 24.4 Å². The molecule has 15 heavy (non-hydrogen) atoms. The van der Waals surface area contributed by atoms with Crippen molar-refractivity contribution in [3.63, 3.8) is 0 Å². The van der Waals surface area contributed by atoms with E-state index < -0.39 is 12.6 Å². The highest BCUT2D eigenvalue weighted by atomic mass is 32.2. The second kappa shape index (κ2) is 4.23. The molecule has 0 amide bonds. The molecule has 6 heteroatoms. The summed E-state index contributed by atoms with van der Waals surface area (Å²) in [5.74, 6) is 0.751. The van der Waals surface area contributed by atoms with Crippen LogP contribution in [0.3, 0.4) is 0 Å². The van der Waals surface area contributed by atoms with E-state index in [4.69, 9.17) is 0 Å². The first-order valence-corrected chi connectivity index (χ1v) is 5.94. The van der Waals surface area contributed by atoms with E-state index in [1.165, 1.54) is 12.8 Å². The summed E-state index contributed by atoms with van der Waals surface area (Å²) in [5, 5.41) is 3.95. The zero-order chi connectivity index (χ0) is 10.9. The Labute approximate surface area is 90.7 Å². The lowest BCUT2D eigenvalue weighted by Gasteiger charge is -2.09. The first-order valence-electron chi connectivity index (χ1n) is 5.06. The molecule has 2 rings (SSSR count). The second-order valence-corrected chi connectivity index (χ2v) is 5.16. The van der Waals surface area contributed by atoms with Crippen LogP contribution in [0, 0.1) is 5.92 Å². The Hall–Kier alpha value is -0.390. The maximum atomic E-state index is 11.9. The van der Waals surface area contributed by atoms with Gasteiger partial charge in [0.05, 0.1) is 13.0 Å². The van der Waals surface area contributed by atoms with Gasteiger partial charge in [-0.1, -0.05) is 11.8 Å². The summed E-state index contributed by atoms with van der Waals surface area (Å²) >= 11 is 1.60. The lowest BCUT2D eigenvalue weighted by Crippen LogP contribution is -2.25. The minimum atomic E-state index is -4.08. The molecule has 1 N–H and O–H groups in total. The molecule has 0 bridgehead atoms. The first-order chi connectivity index (χ1) is 7.04. The molecule has 2 aliphatic rings. The van der Waals surface area contributed by atoms with Gasteiger partial charge in [-0.25, -0.2) is 0 Å². The number of amidine groups is 1. The van der Waals surface area contributed by atoms with E-state index in [1.54, 1.807) is 11.8 Å². The highest BCUT2D eigenvalue weighted by molar-refractivity contribution is 8.14. The lowest BCUT2D eigenvalue weighted by atomic mass is 10.3.